The molecular formula is C15H21FN2O2. The van der Waals surface area contributed by atoms with Gasteiger partial charge in [0, 0.05) is 25.7 Å². The van der Waals surface area contributed by atoms with E-state index in [1.807, 2.05) is 0 Å². The molecule has 1 saturated heterocycles. The van der Waals surface area contributed by atoms with Crippen molar-refractivity contribution in [3.8, 4) is 0 Å². The topological polar surface area (TPSA) is 43.8 Å². The minimum atomic E-state index is -1.00. The highest BCUT2D eigenvalue weighted by Crippen LogP contribution is 2.18. The maximum absolute atomic E-state index is 13.4. The Labute approximate surface area is 118 Å². The number of halogens is 1. The highest BCUT2D eigenvalue weighted by atomic mass is 19.1. The second-order valence-corrected chi connectivity index (χ2v) is 5.54. The van der Waals surface area contributed by atoms with Crippen LogP contribution < -0.4 is 0 Å². The first-order valence-corrected chi connectivity index (χ1v) is 6.91. The Hall–Kier alpha value is -1.46. The first-order chi connectivity index (χ1) is 9.47. The summed E-state index contributed by atoms with van der Waals surface area (Å²) >= 11 is 0. The molecular weight excluding hydrogens is 259 g/mol. The number of hydrogen-bond acceptors (Lipinski definition) is 3. The molecule has 20 heavy (non-hydrogen) atoms. The van der Waals surface area contributed by atoms with Gasteiger partial charge in [-0.15, -0.1) is 0 Å². The van der Waals surface area contributed by atoms with E-state index in [1.165, 1.54) is 18.2 Å². The zero-order valence-corrected chi connectivity index (χ0v) is 12.0. The van der Waals surface area contributed by atoms with Gasteiger partial charge in [0.25, 0.3) is 0 Å². The maximum Gasteiger partial charge on any atom is 0.336 e. The summed E-state index contributed by atoms with van der Waals surface area (Å²) in [7, 11) is 2.09. The van der Waals surface area contributed by atoms with Crippen molar-refractivity contribution in [3.05, 3.63) is 35.1 Å². The van der Waals surface area contributed by atoms with Gasteiger partial charge in [-0.2, -0.15) is 0 Å². The number of aromatic carboxylic acids is 1. The van der Waals surface area contributed by atoms with Crippen LogP contribution in [0.15, 0.2) is 18.2 Å². The standard InChI is InChI=1S/C15H21FN2O2/c1-11-9-17(2)6-3-7-18(11)10-12-8-13(16)4-5-14(12)15(19)20/h4-5,8,11H,3,6-7,9-10H2,1-2H3,(H,19,20). The molecule has 1 atom stereocenters. The maximum atomic E-state index is 13.4. The summed E-state index contributed by atoms with van der Waals surface area (Å²) < 4.78 is 13.4. The third-order valence-corrected chi connectivity index (χ3v) is 3.86. The molecule has 1 N–H and O–H groups in total. The zero-order valence-electron chi connectivity index (χ0n) is 12.0. The summed E-state index contributed by atoms with van der Waals surface area (Å²) in [5.74, 6) is -1.39. The van der Waals surface area contributed by atoms with E-state index in [1.54, 1.807) is 0 Å². The van der Waals surface area contributed by atoms with Crippen molar-refractivity contribution < 1.29 is 14.3 Å². The molecule has 0 amide bonds. The smallest absolute Gasteiger partial charge is 0.336 e. The Balaban J connectivity index is 2.20. The molecule has 0 bridgehead atoms. The number of rotatable bonds is 3. The molecule has 1 fully saturated rings. The zero-order chi connectivity index (χ0) is 14.7. The van der Waals surface area contributed by atoms with Crippen LogP contribution in [0.5, 0.6) is 0 Å². The van der Waals surface area contributed by atoms with E-state index < -0.39 is 5.97 Å². The summed E-state index contributed by atoms with van der Waals surface area (Å²) in [4.78, 5) is 15.7. The number of carbonyl (C=O) groups is 1. The number of likely N-dealkylation sites (N-methyl/N-ethyl adjacent to an activating group) is 1. The molecule has 0 radical (unpaired) electrons. The summed E-state index contributed by atoms with van der Waals surface area (Å²) in [6.45, 7) is 5.49. The van der Waals surface area contributed by atoms with Crippen LogP contribution in [-0.4, -0.2) is 53.6 Å². The van der Waals surface area contributed by atoms with Crippen LogP contribution in [0.3, 0.4) is 0 Å². The van der Waals surface area contributed by atoms with Crippen LogP contribution in [0.2, 0.25) is 0 Å². The minimum absolute atomic E-state index is 0.191. The predicted molar refractivity (Wildman–Crippen MR) is 75.3 cm³/mol. The Morgan fingerprint density at radius 3 is 2.90 bits per heavy atom. The van der Waals surface area contributed by atoms with Crippen LogP contribution in [0.25, 0.3) is 0 Å². The van der Waals surface area contributed by atoms with E-state index in [9.17, 15) is 14.3 Å². The van der Waals surface area contributed by atoms with E-state index in [2.05, 4.69) is 23.8 Å². The molecule has 110 valence electrons. The molecule has 1 aromatic rings. The van der Waals surface area contributed by atoms with E-state index in [4.69, 9.17) is 0 Å². The van der Waals surface area contributed by atoms with E-state index in [-0.39, 0.29) is 11.4 Å². The van der Waals surface area contributed by atoms with Crippen molar-refractivity contribution >= 4 is 5.97 Å². The van der Waals surface area contributed by atoms with Crippen LogP contribution in [0.1, 0.15) is 29.3 Å². The summed E-state index contributed by atoms with van der Waals surface area (Å²) in [5, 5.41) is 9.20. The number of carboxylic acids is 1. The predicted octanol–water partition coefficient (Wildman–Crippen LogP) is 2.05. The lowest BCUT2D eigenvalue weighted by Gasteiger charge is -2.28. The number of carboxylic acid groups (broad SMARTS) is 1. The molecule has 0 aromatic heterocycles. The van der Waals surface area contributed by atoms with Crippen molar-refractivity contribution in [3.63, 3.8) is 0 Å². The molecule has 4 nitrogen and oxygen atoms in total. The van der Waals surface area contributed by atoms with Crippen molar-refractivity contribution in [1.29, 1.82) is 0 Å². The first kappa shape index (κ1) is 14.9. The Morgan fingerprint density at radius 1 is 1.45 bits per heavy atom. The van der Waals surface area contributed by atoms with Crippen LogP contribution >= 0.6 is 0 Å². The lowest BCUT2D eigenvalue weighted by Crippen LogP contribution is -2.37. The lowest BCUT2D eigenvalue weighted by atomic mass is 10.1. The highest BCUT2D eigenvalue weighted by Gasteiger charge is 2.21. The molecule has 0 aliphatic carbocycles. The van der Waals surface area contributed by atoms with Crippen LogP contribution in [0.4, 0.5) is 4.39 Å². The molecule has 1 aliphatic rings. The highest BCUT2D eigenvalue weighted by molar-refractivity contribution is 5.89. The van der Waals surface area contributed by atoms with Crippen LogP contribution in [-0.2, 0) is 6.54 Å². The van der Waals surface area contributed by atoms with Gasteiger partial charge in [-0.25, -0.2) is 9.18 Å². The Morgan fingerprint density at radius 2 is 2.20 bits per heavy atom. The minimum Gasteiger partial charge on any atom is -0.478 e. The van der Waals surface area contributed by atoms with Crippen LogP contribution in [0, 0.1) is 5.82 Å². The second-order valence-electron chi connectivity index (χ2n) is 5.54. The molecule has 1 aromatic carbocycles. The second kappa shape index (κ2) is 6.33. The van der Waals surface area contributed by atoms with Gasteiger partial charge < -0.3 is 10.0 Å². The van der Waals surface area contributed by atoms with Crippen molar-refractivity contribution in [2.75, 3.05) is 26.7 Å². The fourth-order valence-electron chi connectivity index (χ4n) is 2.78. The Bertz CT molecular complexity index is 493. The van der Waals surface area contributed by atoms with Gasteiger partial charge in [0.05, 0.1) is 5.56 Å². The van der Waals surface area contributed by atoms with E-state index in [0.29, 0.717) is 18.2 Å². The van der Waals surface area contributed by atoms with Gasteiger partial charge in [-0.05, 0) is 50.7 Å². The number of hydrogen-bond donors (Lipinski definition) is 1. The van der Waals surface area contributed by atoms with Gasteiger partial charge >= 0.3 is 5.97 Å². The average molecular weight is 280 g/mol. The van der Waals surface area contributed by atoms with E-state index in [0.717, 1.165) is 26.1 Å². The molecule has 0 spiro atoms. The molecule has 1 heterocycles. The molecule has 2 rings (SSSR count). The van der Waals surface area contributed by atoms with Crippen molar-refractivity contribution in [2.24, 2.45) is 0 Å². The van der Waals surface area contributed by atoms with E-state index >= 15 is 0 Å². The monoisotopic (exact) mass is 280 g/mol. The molecule has 1 unspecified atom stereocenters. The van der Waals surface area contributed by atoms with Gasteiger partial charge in [-0.1, -0.05) is 0 Å². The normalized spacial score (nSPS) is 21.6. The quantitative estimate of drug-likeness (QED) is 0.920. The van der Waals surface area contributed by atoms with Gasteiger partial charge in [0.1, 0.15) is 5.82 Å². The lowest BCUT2D eigenvalue weighted by molar-refractivity contribution is 0.0693. The first-order valence-electron chi connectivity index (χ1n) is 6.91. The molecule has 5 heteroatoms. The fraction of sp³-hybridized carbons (Fsp3) is 0.533. The molecule has 0 saturated carbocycles. The largest absolute Gasteiger partial charge is 0.478 e. The SMILES string of the molecule is CC1CN(C)CCCN1Cc1cc(F)ccc1C(=O)O. The van der Waals surface area contributed by atoms with Gasteiger partial charge in [0.15, 0.2) is 0 Å². The van der Waals surface area contributed by atoms with Crippen molar-refractivity contribution in [2.45, 2.75) is 25.9 Å². The van der Waals surface area contributed by atoms with Crippen molar-refractivity contribution in [1.82, 2.24) is 9.80 Å². The van der Waals surface area contributed by atoms with Gasteiger partial charge in [0.2, 0.25) is 0 Å². The molecule has 1 aliphatic heterocycles. The average Bonchev–Trinajstić information content (AvgIpc) is 2.51. The summed E-state index contributed by atoms with van der Waals surface area (Å²) in [5.41, 5.74) is 0.741. The Kier molecular flexibility index (Phi) is 4.73. The fourth-order valence-corrected chi connectivity index (χ4v) is 2.78. The van der Waals surface area contributed by atoms with Gasteiger partial charge in [-0.3, -0.25) is 4.90 Å². The summed E-state index contributed by atoms with van der Waals surface area (Å²) in [6.07, 6.45) is 1.04. The third-order valence-electron chi connectivity index (χ3n) is 3.86. The number of nitrogens with zero attached hydrogens (tertiary/aromatic N) is 2. The summed E-state index contributed by atoms with van der Waals surface area (Å²) in [6, 6.07) is 4.21. The number of benzene rings is 1. The third kappa shape index (κ3) is 3.55.